The summed E-state index contributed by atoms with van der Waals surface area (Å²) in [6.07, 6.45) is 1.55. The SMILES string of the molecule is CCOC(=O)CCN(SN(C)C(=O)ON=C(C)SC)C(C)C. The molecule has 128 valence electrons. The highest BCUT2D eigenvalue weighted by Crippen LogP contribution is 2.19. The number of hydrogen-bond donors (Lipinski definition) is 0. The first kappa shape index (κ1) is 21.1. The molecule has 0 aromatic rings. The van der Waals surface area contributed by atoms with Crippen molar-refractivity contribution in [2.75, 3.05) is 26.5 Å². The summed E-state index contributed by atoms with van der Waals surface area (Å²) in [7, 11) is 1.59. The second-order valence-electron chi connectivity index (χ2n) is 4.54. The third kappa shape index (κ3) is 9.16. The van der Waals surface area contributed by atoms with Crippen LogP contribution in [0.3, 0.4) is 0 Å². The number of carbonyl (C=O) groups excluding carboxylic acids is 2. The molecule has 0 rings (SSSR count). The van der Waals surface area contributed by atoms with E-state index in [1.807, 2.05) is 24.4 Å². The first-order valence-electron chi connectivity index (χ1n) is 6.95. The number of hydrogen-bond acceptors (Lipinski definition) is 8. The van der Waals surface area contributed by atoms with Crippen molar-refractivity contribution in [1.82, 2.24) is 8.61 Å². The van der Waals surface area contributed by atoms with Crippen molar-refractivity contribution in [3.05, 3.63) is 0 Å². The van der Waals surface area contributed by atoms with Gasteiger partial charge in [0.25, 0.3) is 0 Å². The van der Waals surface area contributed by atoms with Gasteiger partial charge in [0, 0.05) is 31.8 Å². The van der Waals surface area contributed by atoms with Crippen LogP contribution in [0, 0.1) is 0 Å². The molecule has 0 heterocycles. The Labute approximate surface area is 141 Å². The largest absolute Gasteiger partial charge is 0.466 e. The highest BCUT2D eigenvalue weighted by Gasteiger charge is 2.20. The third-order valence-corrected chi connectivity index (χ3v) is 4.32. The van der Waals surface area contributed by atoms with Crippen LogP contribution in [0.5, 0.6) is 0 Å². The average molecular weight is 351 g/mol. The van der Waals surface area contributed by atoms with Crippen LogP contribution in [0.4, 0.5) is 4.79 Å². The van der Waals surface area contributed by atoms with Gasteiger partial charge in [-0.3, -0.25) is 9.63 Å². The minimum Gasteiger partial charge on any atom is -0.466 e. The monoisotopic (exact) mass is 351 g/mol. The molecule has 22 heavy (non-hydrogen) atoms. The summed E-state index contributed by atoms with van der Waals surface area (Å²) < 4.78 is 8.14. The minimum absolute atomic E-state index is 0.145. The van der Waals surface area contributed by atoms with Gasteiger partial charge in [-0.15, -0.1) is 11.8 Å². The maximum atomic E-state index is 11.8. The molecule has 0 saturated carbocycles. The maximum Gasteiger partial charge on any atom is 0.446 e. The molecule has 0 N–H and O–H groups in total. The molecule has 0 atom stereocenters. The van der Waals surface area contributed by atoms with E-state index in [4.69, 9.17) is 9.57 Å². The molecule has 1 amide bonds. The Bertz CT molecular complexity index is 391. The van der Waals surface area contributed by atoms with Crippen molar-refractivity contribution in [2.24, 2.45) is 5.16 Å². The van der Waals surface area contributed by atoms with Crippen molar-refractivity contribution in [2.45, 2.75) is 40.2 Å². The second-order valence-corrected chi connectivity index (χ2v) is 6.72. The Morgan fingerprint density at radius 1 is 1.32 bits per heavy atom. The van der Waals surface area contributed by atoms with Gasteiger partial charge < -0.3 is 4.74 Å². The molecular formula is C13H25N3O4S2. The van der Waals surface area contributed by atoms with E-state index in [1.165, 1.54) is 28.2 Å². The number of esters is 1. The van der Waals surface area contributed by atoms with Gasteiger partial charge in [-0.25, -0.2) is 13.4 Å². The smallest absolute Gasteiger partial charge is 0.446 e. The normalized spacial score (nSPS) is 11.7. The van der Waals surface area contributed by atoms with Crippen molar-refractivity contribution in [3.63, 3.8) is 0 Å². The van der Waals surface area contributed by atoms with Crippen molar-refractivity contribution < 1.29 is 19.2 Å². The lowest BCUT2D eigenvalue weighted by Gasteiger charge is -2.27. The number of amides is 1. The van der Waals surface area contributed by atoms with E-state index >= 15 is 0 Å². The van der Waals surface area contributed by atoms with E-state index in [2.05, 4.69) is 5.16 Å². The molecule has 9 heteroatoms. The molecule has 0 fully saturated rings. The number of thioether (sulfide) groups is 1. The molecule has 0 aromatic heterocycles. The fourth-order valence-electron chi connectivity index (χ4n) is 1.22. The predicted molar refractivity (Wildman–Crippen MR) is 91.6 cm³/mol. The summed E-state index contributed by atoms with van der Waals surface area (Å²) in [5.41, 5.74) is 0. The van der Waals surface area contributed by atoms with E-state index in [1.54, 1.807) is 20.9 Å². The van der Waals surface area contributed by atoms with Crippen LogP contribution in [0.2, 0.25) is 0 Å². The van der Waals surface area contributed by atoms with Crippen LogP contribution in [0.15, 0.2) is 5.16 Å². The Morgan fingerprint density at radius 2 is 1.95 bits per heavy atom. The van der Waals surface area contributed by atoms with Crippen molar-refractivity contribution in [1.29, 1.82) is 0 Å². The van der Waals surface area contributed by atoms with Crippen LogP contribution < -0.4 is 0 Å². The summed E-state index contributed by atoms with van der Waals surface area (Å²) in [5, 5.41) is 4.36. The minimum atomic E-state index is -0.569. The van der Waals surface area contributed by atoms with Crippen LogP contribution in [-0.4, -0.2) is 58.2 Å². The first-order valence-corrected chi connectivity index (χ1v) is 8.90. The molecule has 0 aromatic carbocycles. The lowest BCUT2D eigenvalue weighted by Crippen LogP contribution is -2.33. The number of nitrogens with zero attached hydrogens (tertiary/aromatic N) is 3. The fraction of sp³-hybridized carbons (Fsp3) is 0.769. The zero-order valence-electron chi connectivity index (χ0n) is 14.0. The summed E-state index contributed by atoms with van der Waals surface area (Å²) in [4.78, 5) is 28.0. The standard InChI is InChI=1S/C13H25N3O4S2/c1-7-19-12(17)8-9-16(10(2)3)22-15(5)13(18)20-14-11(4)21-6/h10H,7-9H2,1-6H3. The number of oxime groups is 1. The van der Waals surface area contributed by atoms with Crippen LogP contribution in [-0.2, 0) is 14.4 Å². The second kappa shape index (κ2) is 11.6. The Kier molecular flexibility index (Phi) is 11.1. The van der Waals surface area contributed by atoms with Gasteiger partial charge in [-0.05, 0) is 34.0 Å². The first-order chi connectivity index (χ1) is 10.3. The van der Waals surface area contributed by atoms with Crippen LogP contribution in [0.1, 0.15) is 34.1 Å². The lowest BCUT2D eigenvalue weighted by atomic mass is 10.3. The molecule has 0 aliphatic heterocycles. The molecule has 0 radical (unpaired) electrons. The van der Waals surface area contributed by atoms with Gasteiger partial charge in [0.1, 0.15) is 5.04 Å². The summed E-state index contributed by atoms with van der Waals surface area (Å²) >= 11 is 2.59. The predicted octanol–water partition coefficient (Wildman–Crippen LogP) is 2.98. The van der Waals surface area contributed by atoms with Gasteiger partial charge in [0.15, 0.2) is 0 Å². The molecule has 0 saturated heterocycles. The van der Waals surface area contributed by atoms with Gasteiger partial charge in [0.05, 0.1) is 13.0 Å². The van der Waals surface area contributed by atoms with Crippen molar-refractivity contribution >= 4 is 41.0 Å². The topological polar surface area (TPSA) is 71.4 Å². The maximum absolute atomic E-state index is 11.8. The molecular weight excluding hydrogens is 326 g/mol. The van der Waals surface area contributed by atoms with E-state index in [9.17, 15) is 9.59 Å². The highest BCUT2D eigenvalue weighted by molar-refractivity contribution is 8.13. The van der Waals surface area contributed by atoms with E-state index in [-0.39, 0.29) is 18.4 Å². The van der Waals surface area contributed by atoms with Gasteiger partial charge >= 0.3 is 12.1 Å². The summed E-state index contributed by atoms with van der Waals surface area (Å²) in [6, 6.07) is 0.145. The summed E-state index contributed by atoms with van der Waals surface area (Å²) in [5.74, 6) is -0.251. The highest BCUT2D eigenvalue weighted by atomic mass is 32.2. The van der Waals surface area contributed by atoms with Crippen molar-refractivity contribution in [3.8, 4) is 0 Å². The van der Waals surface area contributed by atoms with Gasteiger partial charge in [0.2, 0.25) is 0 Å². The molecule has 0 spiro atoms. The molecule has 0 aliphatic rings. The van der Waals surface area contributed by atoms with Crippen LogP contribution in [0.25, 0.3) is 0 Å². The Balaban J connectivity index is 4.42. The Hall–Kier alpha value is -0.930. The lowest BCUT2D eigenvalue weighted by molar-refractivity contribution is -0.143. The average Bonchev–Trinajstić information content (AvgIpc) is 2.48. The zero-order valence-corrected chi connectivity index (χ0v) is 15.6. The Morgan fingerprint density at radius 3 is 2.45 bits per heavy atom. The third-order valence-electron chi connectivity index (χ3n) is 2.45. The molecule has 0 bridgehead atoms. The van der Waals surface area contributed by atoms with Gasteiger partial charge in [-0.1, -0.05) is 5.16 Å². The van der Waals surface area contributed by atoms with E-state index in [0.717, 1.165) is 0 Å². The van der Waals surface area contributed by atoms with Gasteiger partial charge in [-0.2, -0.15) is 0 Å². The summed E-state index contributed by atoms with van der Waals surface area (Å²) in [6.45, 7) is 8.33. The zero-order chi connectivity index (χ0) is 17.1. The van der Waals surface area contributed by atoms with E-state index < -0.39 is 6.09 Å². The number of carbonyl (C=O) groups is 2. The van der Waals surface area contributed by atoms with Crippen LogP contribution >= 0.6 is 23.9 Å². The number of ether oxygens (including phenoxy) is 1. The molecule has 7 nitrogen and oxygen atoms in total. The number of rotatable bonds is 8. The quantitative estimate of drug-likeness (QED) is 0.166. The van der Waals surface area contributed by atoms with E-state index in [0.29, 0.717) is 18.2 Å². The molecule has 0 unspecified atom stereocenters. The molecule has 0 aliphatic carbocycles. The fourth-order valence-corrected chi connectivity index (χ4v) is 2.10.